The summed E-state index contributed by atoms with van der Waals surface area (Å²) in [4.78, 5) is 70.6. The van der Waals surface area contributed by atoms with Gasteiger partial charge in [-0.05, 0) is 12.0 Å². The monoisotopic (exact) mass is 495 g/mol. The average Bonchev–Trinajstić information content (AvgIpc) is 2.79. The molecule has 4 atom stereocenters. The zero-order chi connectivity index (χ0) is 26.5. The lowest BCUT2D eigenvalue weighted by molar-refractivity contribution is -0.147. The van der Waals surface area contributed by atoms with Gasteiger partial charge in [-0.3, -0.25) is 24.0 Å². The van der Waals surface area contributed by atoms with Gasteiger partial charge in [-0.15, -0.1) is 0 Å². The van der Waals surface area contributed by atoms with Crippen molar-refractivity contribution in [1.29, 1.82) is 0 Å². The minimum absolute atomic E-state index is 0.0303. The highest BCUT2D eigenvalue weighted by Crippen LogP contribution is 2.06. The topological polar surface area (TPSA) is 251 Å². The fourth-order valence-corrected chi connectivity index (χ4v) is 2.88. The van der Waals surface area contributed by atoms with Gasteiger partial charge in [-0.1, -0.05) is 30.3 Å². The molecule has 0 saturated heterocycles. The first-order chi connectivity index (χ1) is 16.4. The van der Waals surface area contributed by atoms with Gasteiger partial charge < -0.3 is 42.7 Å². The van der Waals surface area contributed by atoms with Crippen molar-refractivity contribution in [2.45, 2.75) is 49.9 Å². The number of nitrogens with one attached hydrogen (secondary N) is 3. The zero-order valence-electron chi connectivity index (χ0n) is 18.7. The summed E-state index contributed by atoms with van der Waals surface area (Å²) in [5.41, 5.74) is 11.4. The number of aliphatic hydroxyl groups excluding tert-OH is 1. The molecule has 0 heterocycles. The molecule has 0 aliphatic rings. The number of hydrogen-bond acceptors (Lipinski definition) is 8. The lowest BCUT2D eigenvalue weighted by atomic mass is 10.0. The molecular formula is C21H29N5O9. The second kappa shape index (κ2) is 14.3. The molecule has 0 bridgehead atoms. The lowest BCUT2D eigenvalue weighted by Crippen LogP contribution is -2.58. The summed E-state index contributed by atoms with van der Waals surface area (Å²) in [6.07, 6.45) is -1.18. The molecule has 0 saturated carbocycles. The first-order valence-electron chi connectivity index (χ1n) is 10.5. The number of benzene rings is 1. The van der Waals surface area contributed by atoms with Crippen molar-refractivity contribution in [2.24, 2.45) is 11.5 Å². The van der Waals surface area contributed by atoms with Gasteiger partial charge in [-0.2, -0.15) is 0 Å². The van der Waals surface area contributed by atoms with Crippen molar-refractivity contribution in [3.05, 3.63) is 35.9 Å². The van der Waals surface area contributed by atoms with Crippen molar-refractivity contribution >= 4 is 35.6 Å². The van der Waals surface area contributed by atoms with E-state index < -0.39 is 72.8 Å². The molecule has 10 N–H and O–H groups in total. The van der Waals surface area contributed by atoms with Gasteiger partial charge in [0.2, 0.25) is 23.6 Å². The number of carboxylic acid groups (broad SMARTS) is 2. The maximum Gasteiger partial charge on any atom is 0.326 e. The van der Waals surface area contributed by atoms with Crippen molar-refractivity contribution in [2.75, 3.05) is 6.61 Å². The average molecular weight is 495 g/mol. The highest BCUT2D eigenvalue weighted by atomic mass is 16.4. The molecule has 1 aromatic carbocycles. The highest BCUT2D eigenvalue weighted by molar-refractivity contribution is 5.95. The second-order valence-electron chi connectivity index (χ2n) is 7.60. The Morgan fingerprint density at radius 3 is 1.89 bits per heavy atom. The summed E-state index contributed by atoms with van der Waals surface area (Å²) < 4.78 is 0. The molecule has 0 radical (unpaired) electrons. The van der Waals surface area contributed by atoms with E-state index in [1.165, 1.54) is 0 Å². The Labute approximate surface area is 200 Å². The number of carbonyl (C=O) groups excluding carboxylic acids is 4. The molecule has 192 valence electrons. The highest BCUT2D eigenvalue weighted by Gasteiger charge is 2.31. The SMILES string of the molecule is NC(=O)CCC(N)C(=O)NC(Cc1ccccc1)C(=O)NC(CO)C(=O)NC(CC(=O)O)C(=O)O. The van der Waals surface area contributed by atoms with E-state index in [1.54, 1.807) is 30.3 Å². The fourth-order valence-electron chi connectivity index (χ4n) is 2.88. The van der Waals surface area contributed by atoms with Gasteiger partial charge in [-0.25, -0.2) is 4.79 Å². The smallest absolute Gasteiger partial charge is 0.326 e. The van der Waals surface area contributed by atoms with Gasteiger partial charge in [0.1, 0.15) is 18.1 Å². The molecule has 0 spiro atoms. The van der Waals surface area contributed by atoms with Gasteiger partial charge in [0.25, 0.3) is 0 Å². The van der Waals surface area contributed by atoms with Crippen LogP contribution in [0.2, 0.25) is 0 Å². The van der Waals surface area contributed by atoms with E-state index in [4.69, 9.17) is 21.7 Å². The third-order valence-electron chi connectivity index (χ3n) is 4.76. The predicted molar refractivity (Wildman–Crippen MR) is 119 cm³/mol. The molecular weight excluding hydrogens is 466 g/mol. The third-order valence-corrected chi connectivity index (χ3v) is 4.76. The van der Waals surface area contributed by atoms with Crippen LogP contribution in [0.3, 0.4) is 0 Å². The molecule has 14 nitrogen and oxygen atoms in total. The van der Waals surface area contributed by atoms with E-state index in [2.05, 4.69) is 10.6 Å². The van der Waals surface area contributed by atoms with Crippen molar-refractivity contribution in [3.63, 3.8) is 0 Å². The number of primary amides is 1. The summed E-state index contributed by atoms with van der Waals surface area (Å²) in [5, 5.41) is 34.0. The van der Waals surface area contributed by atoms with E-state index in [0.717, 1.165) is 0 Å². The number of amides is 4. The van der Waals surface area contributed by atoms with Gasteiger partial charge >= 0.3 is 11.9 Å². The number of rotatable bonds is 15. The molecule has 4 unspecified atom stereocenters. The van der Waals surface area contributed by atoms with Crippen LogP contribution in [-0.2, 0) is 35.2 Å². The maximum absolute atomic E-state index is 12.9. The Kier molecular flexibility index (Phi) is 11.8. The minimum Gasteiger partial charge on any atom is -0.481 e. The Balaban J connectivity index is 2.98. The summed E-state index contributed by atoms with van der Waals surface area (Å²) >= 11 is 0. The van der Waals surface area contributed by atoms with Gasteiger partial charge in [0.05, 0.1) is 19.1 Å². The number of carbonyl (C=O) groups is 6. The molecule has 4 amide bonds. The predicted octanol–water partition coefficient (Wildman–Crippen LogP) is -3.17. The number of aliphatic carboxylic acids is 2. The molecule has 0 fully saturated rings. The summed E-state index contributed by atoms with van der Waals surface area (Å²) in [7, 11) is 0. The molecule has 0 aliphatic carbocycles. The van der Waals surface area contributed by atoms with Crippen LogP contribution in [0, 0.1) is 0 Å². The lowest BCUT2D eigenvalue weighted by Gasteiger charge is -2.24. The van der Waals surface area contributed by atoms with E-state index in [-0.39, 0.29) is 19.3 Å². The third kappa shape index (κ3) is 10.6. The Hall–Kier alpha value is -4.04. The molecule has 1 aromatic rings. The van der Waals surface area contributed by atoms with E-state index in [1.807, 2.05) is 5.32 Å². The molecule has 0 aliphatic heterocycles. The molecule has 1 rings (SSSR count). The van der Waals surface area contributed by atoms with E-state index >= 15 is 0 Å². The standard InChI is InChI=1S/C21H29N5O9/c22-12(6-7-16(23)28)18(31)24-13(8-11-4-2-1-3-5-11)19(32)26-15(10-27)20(33)25-14(21(34)35)9-17(29)30/h1-5,12-15,27H,6-10,22H2,(H2,23,28)(H,24,31)(H,25,33)(H,26,32)(H,29,30)(H,34,35). The Bertz CT molecular complexity index is 925. The molecule has 0 aromatic heterocycles. The normalized spacial score (nSPS) is 14.0. The summed E-state index contributed by atoms with van der Waals surface area (Å²) in [6.45, 7) is -0.943. The van der Waals surface area contributed by atoms with E-state index in [9.17, 15) is 33.9 Å². The number of hydrogen-bond donors (Lipinski definition) is 8. The van der Waals surface area contributed by atoms with Crippen LogP contribution >= 0.6 is 0 Å². The van der Waals surface area contributed by atoms with Crippen LogP contribution in [0.4, 0.5) is 0 Å². The number of carboxylic acids is 2. The summed E-state index contributed by atoms with van der Waals surface area (Å²) in [5.74, 6) is -6.57. The quantitative estimate of drug-likeness (QED) is 0.121. The van der Waals surface area contributed by atoms with Crippen LogP contribution in [-0.4, -0.2) is 81.7 Å². The first-order valence-corrected chi connectivity index (χ1v) is 10.5. The number of aliphatic hydroxyl groups is 1. The van der Waals surface area contributed by atoms with Gasteiger partial charge in [0, 0.05) is 12.8 Å². The molecule has 35 heavy (non-hydrogen) atoms. The Morgan fingerprint density at radius 1 is 0.829 bits per heavy atom. The van der Waals surface area contributed by atoms with Crippen molar-refractivity contribution < 1.29 is 44.1 Å². The van der Waals surface area contributed by atoms with Crippen LogP contribution in [0.5, 0.6) is 0 Å². The largest absolute Gasteiger partial charge is 0.481 e. The van der Waals surface area contributed by atoms with Crippen LogP contribution in [0.15, 0.2) is 30.3 Å². The van der Waals surface area contributed by atoms with Crippen LogP contribution in [0.1, 0.15) is 24.8 Å². The first kappa shape index (κ1) is 29.0. The number of nitrogens with two attached hydrogens (primary N) is 2. The molecule has 14 heteroatoms. The minimum atomic E-state index is -1.80. The maximum atomic E-state index is 12.9. The van der Waals surface area contributed by atoms with Crippen LogP contribution < -0.4 is 27.4 Å². The van der Waals surface area contributed by atoms with Crippen molar-refractivity contribution in [1.82, 2.24) is 16.0 Å². The Morgan fingerprint density at radius 2 is 1.37 bits per heavy atom. The van der Waals surface area contributed by atoms with Crippen molar-refractivity contribution in [3.8, 4) is 0 Å². The van der Waals surface area contributed by atoms with Gasteiger partial charge in [0.15, 0.2) is 0 Å². The van der Waals surface area contributed by atoms with E-state index in [0.29, 0.717) is 5.56 Å². The van der Waals surface area contributed by atoms with Crippen LogP contribution in [0.25, 0.3) is 0 Å². The fraction of sp³-hybridized carbons (Fsp3) is 0.429. The second-order valence-corrected chi connectivity index (χ2v) is 7.60. The summed E-state index contributed by atoms with van der Waals surface area (Å²) in [6, 6.07) is 2.63. The zero-order valence-corrected chi connectivity index (χ0v) is 18.7.